The highest BCUT2D eigenvalue weighted by Gasteiger charge is 2.16. The Morgan fingerprint density at radius 2 is 2.17 bits per heavy atom. The van der Waals surface area contributed by atoms with Gasteiger partial charge in [-0.05, 0) is 24.9 Å². The van der Waals surface area contributed by atoms with Gasteiger partial charge in [-0.15, -0.1) is 0 Å². The third-order valence-corrected chi connectivity index (χ3v) is 1.97. The smallest absolute Gasteiger partial charge is 0.0308 e. The van der Waals surface area contributed by atoms with Gasteiger partial charge in [0.2, 0.25) is 0 Å². The van der Waals surface area contributed by atoms with Crippen LogP contribution in [0.2, 0.25) is 0 Å². The van der Waals surface area contributed by atoms with Gasteiger partial charge >= 0.3 is 0 Å². The molecular weight excluding hydrogens is 96.1 g/mol. The minimum atomic E-state index is 0.588. The van der Waals surface area contributed by atoms with Crippen LogP contribution in [0.3, 0.4) is 0 Å². The van der Waals surface area contributed by atoms with Crippen LogP contribution in [0, 0.1) is 0 Å². The van der Waals surface area contributed by atoms with E-state index in [0.717, 1.165) is 12.0 Å². The minimum Gasteiger partial charge on any atom is -0.330 e. The van der Waals surface area contributed by atoms with Gasteiger partial charge in [0.05, 0.1) is 0 Å². The number of rotatable bonds is 1. The Kier molecular flexibility index (Phi) is 1.37. The highest BCUT2D eigenvalue weighted by atomic mass is 32.2. The van der Waals surface area contributed by atoms with Crippen LogP contribution in [0.1, 0.15) is 19.3 Å². The van der Waals surface area contributed by atoms with Crippen molar-refractivity contribution in [3.63, 3.8) is 0 Å². The molecule has 1 N–H and O–H groups in total. The molecule has 0 radical (unpaired) electrons. The lowest BCUT2D eigenvalue weighted by Gasteiger charge is -2.20. The molecule has 0 aromatic rings. The van der Waals surface area contributed by atoms with E-state index in [2.05, 4.69) is 0 Å². The second-order valence-corrected chi connectivity index (χ2v) is 2.54. The maximum atomic E-state index is 8.30. The van der Waals surface area contributed by atoms with Crippen LogP contribution in [0.25, 0.3) is 0 Å². The van der Waals surface area contributed by atoms with Crippen molar-refractivity contribution in [2.45, 2.75) is 24.5 Å². The monoisotopic (exact) mass is 104 g/mol. The largest absolute Gasteiger partial charge is 0.330 e. The molecule has 1 aliphatic carbocycles. The third kappa shape index (κ3) is 0.684. The predicted octanol–water partition coefficient (Wildman–Crippen LogP) is 1.75. The first-order chi connectivity index (χ1) is 2.93. The molecule has 36 valence electrons. The standard InChI is InChI=1S/C4H8OS/c5-6-4-2-1-3-4/h4-5H,1-3H2. The van der Waals surface area contributed by atoms with E-state index in [4.69, 9.17) is 4.55 Å². The van der Waals surface area contributed by atoms with Crippen molar-refractivity contribution in [2.75, 3.05) is 0 Å². The van der Waals surface area contributed by atoms with Crippen LogP contribution < -0.4 is 0 Å². The Bertz CT molecular complexity index is 40.1. The third-order valence-electron chi connectivity index (χ3n) is 1.20. The Hall–Kier alpha value is 0.310. The van der Waals surface area contributed by atoms with Crippen molar-refractivity contribution in [1.29, 1.82) is 0 Å². The molecule has 0 amide bonds. The van der Waals surface area contributed by atoms with Gasteiger partial charge in [-0.25, -0.2) is 0 Å². The molecule has 0 heterocycles. The molecule has 0 saturated heterocycles. The summed E-state index contributed by atoms with van der Waals surface area (Å²) < 4.78 is 8.30. The zero-order valence-electron chi connectivity index (χ0n) is 3.55. The normalized spacial score (nSPS) is 23.5. The van der Waals surface area contributed by atoms with Crippen molar-refractivity contribution in [2.24, 2.45) is 0 Å². The molecule has 1 saturated carbocycles. The van der Waals surface area contributed by atoms with E-state index in [-0.39, 0.29) is 0 Å². The molecule has 0 unspecified atom stereocenters. The predicted molar refractivity (Wildman–Crippen MR) is 27.9 cm³/mol. The molecule has 0 aromatic heterocycles. The molecule has 1 aliphatic rings. The summed E-state index contributed by atoms with van der Waals surface area (Å²) in [5, 5.41) is 0.588. The molecule has 0 aromatic carbocycles. The summed E-state index contributed by atoms with van der Waals surface area (Å²) >= 11 is 1.01. The molecular formula is C4H8OS. The lowest BCUT2D eigenvalue weighted by Crippen LogP contribution is -2.11. The maximum Gasteiger partial charge on any atom is 0.0308 e. The second kappa shape index (κ2) is 1.85. The summed E-state index contributed by atoms with van der Waals surface area (Å²) in [6.45, 7) is 0. The molecule has 0 aliphatic heterocycles. The first kappa shape index (κ1) is 4.47. The Balaban J connectivity index is 2.01. The zero-order chi connectivity index (χ0) is 4.41. The van der Waals surface area contributed by atoms with Crippen LogP contribution in [-0.4, -0.2) is 9.80 Å². The zero-order valence-corrected chi connectivity index (χ0v) is 4.37. The van der Waals surface area contributed by atoms with Crippen LogP contribution in [0.5, 0.6) is 0 Å². The van der Waals surface area contributed by atoms with E-state index in [1.54, 1.807) is 0 Å². The summed E-state index contributed by atoms with van der Waals surface area (Å²) in [6.07, 6.45) is 3.76. The topological polar surface area (TPSA) is 20.2 Å². The Morgan fingerprint density at radius 1 is 1.50 bits per heavy atom. The SMILES string of the molecule is OSC1CCC1. The summed E-state index contributed by atoms with van der Waals surface area (Å²) in [4.78, 5) is 0. The van der Waals surface area contributed by atoms with E-state index >= 15 is 0 Å². The van der Waals surface area contributed by atoms with Gasteiger partial charge in [0.1, 0.15) is 0 Å². The maximum absolute atomic E-state index is 8.30. The van der Waals surface area contributed by atoms with E-state index < -0.39 is 0 Å². The van der Waals surface area contributed by atoms with E-state index in [1.165, 1.54) is 19.3 Å². The van der Waals surface area contributed by atoms with Crippen LogP contribution in [-0.2, 0) is 0 Å². The molecule has 6 heavy (non-hydrogen) atoms. The molecule has 0 spiro atoms. The van der Waals surface area contributed by atoms with Crippen LogP contribution in [0.4, 0.5) is 0 Å². The van der Waals surface area contributed by atoms with Crippen LogP contribution in [0.15, 0.2) is 0 Å². The number of hydrogen-bond acceptors (Lipinski definition) is 2. The van der Waals surface area contributed by atoms with Crippen molar-refractivity contribution in [1.82, 2.24) is 0 Å². The first-order valence-corrected chi connectivity index (χ1v) is 3.07. The minimum absolute atomic E-state index is 0.588. The van der Waals surface area contributed by atoms with E-state index in [9.17, 15) is 0 Å². The fourth-order valence-electron chi connectivity index (χ4n) is 0.476. The molecule has 0 bridgehead atoms. The quantitative estimate of drug-likeness (QED) is 0.511. The highest BCUT2D eigenvalue weighted by molar-refractivity contribution is 7.94. The first-order valence-electron chi connectivity index (χ1n) is 2.23. The lowest BCUT2D eigenvalue weighted by atomic mass is 10.0. The van der Waals surface area contributed by atoms with E-state index in [0.29, 0.717) is 5.25 Å². The number of hydrogen-bond donors (Lipinski definition) is 1. The van der Waals surface area contributed by atoms with Gasteiger partial charge in [-0.1, -0.05) is 6.42 Å². The summed E-state index contributed by atoms with van der Waals surface area (Å²) in [5.41, 5.74) is 0. The summed E-state index contributed by atoms with van der Waals surface area (Å²) in [5.74, 6) is 0. The van der Waals surface area contributed by atoms with Crippen molar-refractivity contribution < 1.29 is 4.55 Å². The second-order valence-electron chi connectivity index (χ2n) is 1.66. The summed E-state index contributed by atoms with van der Waals surface area (Å²) in [7, 11) is 0. The van der Waals surface area contributed by atoms with Gasteiger partial charge in [0.15, 0.2) is 0 Å². The fourth-order valence-corrected chi connectivity index (χ4v) is 1.02. The van der Waals surface area contributed by atoms with E-state index in [1.807, 2.05) is 0 Å². The summed E-state index contributed by atoms with van der Waals surface area (Å²) in [6, 6.07) is 0. The average Bonchev–Trinajstić information content (AvgIpc) is 1.31. The Morgan fingerprint density at radius 3 is 2.17 bits per heavy atom. The molecule has 2 heteroatoms. The average molecular weight is 104 g/mol. The van der Waals surface area contributed by atoms with Gasteiger partial charge in [0.25, 0.3) is 0 Å². The lowest BCUT2D eigenvalue weighted by molar-refractivity contribution is 0.499. The molecule has 1 nitrogen and oxygen atoms in total. The van der Waals surface area contributed by atoms with Crippen molar-refractivity contribution in [3.8, 4) is 0 Å². The fraction of sp³-hybridized carbons (Fsp3) is 1.00. The Labute approximate surface area is 42.0 Å². The molecule has 1 fully saturated rings. The molecule has 0 atom stereocenters. The van der Waals surface area contributed by atoms with Crippen LogP contribution >= 0.6 is 12.0 Å². The van der Waals surface area contributed by atoms with Crippen molar-refractivity contribution >= 4 is 12.0 Å². The van der Waals surface area contributed by atoms with Gasteiger partial charge in [-0.3, -0.25) is 0 Å². The highest BCUT2D eigenvalue weighted by Crippen LogP contribution is 2.28. The van der Waals surface area contributed by atoms with Gasteiger partial charge in [0, 0.05) is 5.25 Å². The van der Waals surface area contributed by atoms with Gasteiger partial charge in [-0.2, -0.15) is 0 Å². The molecule has 1 rings (SSSR count). The van der Waals surface area contributed by atoms with Gasteiger partial charge < -0.3 is 4.55 Å². The van der Waals surface area contributed by atoms with Crippen molar-refractivity contribution in [3.05, 3.63) is 0 Å².